The summed E-state index contributed by atoms with van der Waals surface area (Å²) in [5.74, 6) is -0.628. The van der Waals surface area contributed by atoms with Crippen LogP contribution in [0.25, 0.3) is 0 Å². The number of nitrogens with one attached hydrogen (secondary N) is 3. The summed E-state index contributed by atoms with van der Waals surface area (Å²) in [7, 11) is 0. The molecule has 3 atom stereocenters. The lowest BCUT2D eigenvalue weighted by Crippen LogP contribution is -2.51. The van der Waals surface area contributed by atoms with E-state index < -0.39 is 12.1 Å². The molecule has 0 saturated carbocycles. The molecule has 1 aromatic heterocycles. The fourth-order valence-electron chi connectivity index (χ4n) is 3.31. The van der Waals surface area contributed by atoms with Crippen LogP contribution in [0.4, 0.5) is 14.9 Å². The first-order chi connectivity index (χ1) is 14.5. The van der Waals surface area contributed by atoms with E-state index in [4.69, 9.17) is 4.74 Å². The standard InChI is InChI=1S/C21H25FN4O4/c22-15-3-5-16(6-4-15)25-21(29)24-11-9-17-7-8-18(19(13-27)30-17)26-20(28)14-2-1-10-23-12-14/h1-6,10,12,17-19,27H,7-9,11,13H2,(H,26,28)(H2,24,25,29)/t17-,18+,19-/m0/s1. The normalized spacial score (nSPS) is 20.9. The first kappa shape index (κ1) is 21.7. The van der Waals surface area contributed by atoms with Gasteiger partial charge in [0.05, 0.1) is 24.3 Å². The van der Waals surface area contributed by atoms with E-state index in [9.17, 15) is 19.1 Å². The molecule has 0 aliphatic carbocycles. The van der Waals surface area contributed by atoms with Gasteiger partial charge in [0, 0.05) is 24.6 Å². The summed E-state index contributed by atoms with van der Waals surface area (Å²) in [5.41, 5.74) is 0.947. The SMILES string of the molecule is O=C(NCC[C@@H]1CC[C@@H](NC(=O)c2cccnc2)[C@H](CO)O1)Nc1ccc(F)cc1. The van der Waals surface area contributed by atoms with E-state index in [1.54, 1.807) is 18.3 Å². The van der Waals surface area contributed by atoms with Gasteiger partial charge in [-0.2, -0.15) is 0 Å². The van der Waals surface area contributed by atoms with Gasteiger partial charge in [0.25, 0.3) is 5.91 Å². The lowest BCUT2D eigenvalue weighted by Gasteiger charge is -2.36. The number of aliphatic hydroxyl groups is 1. The van der Waals surface area contributed by atoms with Gasteiger partial charge >= 0.3 is 6.03 Å². The molecule has 30 heavy (non-hydrogen) atoms. The van der Waals surface area contributed by atoms with Crippen molar-refractivity contribution in [3.8, 4) is 0 Å². The number of amides is 3. The van der Waals surface area contributed by atoms with E-state index in [1.807, 2.05) is 0 Å². The molecular formula is C21H25FN4O4. The van der Waals surface area contributed by atoms with Gasteiger partial charge < -0.3 is 25.8 Å². The maximum atomic E-state index is 12.9. The molecule has 1 fully saturated rings. The number of ether oxygens (including phenoxy) is 1. The fourth-order valence-corrected chi connectivity index (χ4v) is 3.31. The van der Waals surface area contributed by atoms with Crippen molar-refractivity contribution in [2.24, 2.45) is 0 Å². The molecule has 0 unspecified atom stereocenters. The molecule has 1 aromatic carbocycles. The molecular weight excluding hydrogens is 391 g/mol. The van der Waals surface area contributed by atoms with Crippen LogP contribution >= 0.6 is 0 Å². The summed E-state index contributed by atoms with van der Waals surface area (Å²) in [4.78, 5) is 28.2. The Morgan fingerprint density at radius 2 is 2.00 bits per heavy atom. The molecule has 1 aliphatic rings. The van der Waals surface area contributed by atoms with Gasteiger partial charge in [0.1, 0.15) is 11.9 Å². The lowest BCUT2D eigenvalue weighted by atomic mass is 9.97. The Labute approximate surface area is 173 Å². The van der Waals surface area contributed by atoms with Crippen molar-refractivity contribution < 1.29 is 23.8 Å². The van der Waals surface area contributed by atoms with Crippen LogP contribution in [0.5, 0.6) is 0 Å². The molecule has 2 heterocycles. The van der Waals surface area contributed by atoms with E-state index >= 15 is 0 Å². The summed E-state index contributed by atoms with van der Waals surface area (Å²) in [5, 5.41) is 17.9. The van der Waals surface area contributed by atoms with Crippen molar-refractivity contribution >= 4 is 17.6 Å². The fraction of sp³-hybridized carbons (Fsp3) is 0.381. The van der Waals surface area contributed by atoms with E-state index in [0.717, 1.165) is 0 Å². The van der Waals surface area contributed by atoms with E-state index in [0.29, 0.717) is 37.1 Å². The minimum atomic E-state index is -0.516. The van der Waals surface area contributed by atoms with Gasteiger partial charge in [0.2, 0.25) is 0 Å². The zero-order valence-corrected chi connectivity index (χ0v) is 16.4. The van der Waals surface area contributed by atoms with Crippen LogP contribution in [0, 0.1) is 5.82 Å². The van der Waals surface area contributed by atoms with Crippen molar-refractivity contribution in [2.75, 3.05) is 18.5 Å². The van der Waals surface area contributed by atoms with Crippen molar-refractivity contribution in [2.45, 2.75) is 37.5 Å². The van der Waals surface area contributed by atoms with Gasteiger partial charge in [-0.05, 0) is 55.7 Å². The zero-order valence-electron chi connectivity index (χ0n) is 16.4. The van der Waals surface area contributed by atoms with Crippen LogP contribution in [0.15, 0.2) is 48.8 Å². The van der Waals surface area contributed by atoms with Crippen LogP contribution in [0.2, 0.25) is 0 Å². The first-order valence-electron chi connectivity index (χ1n) is 9.83. The predicted octanol–water partition coefficient (Wildman–Crippen LogP) is 2.07. The third kappa shape index (κ3) is 6.23. The minimum absolute atomic E-state index is 0.139. The van der Waals surface area contributed by atoms with E-state index in [-0.39, 0.29) is 30.5 Å². The van der Waals surface area contributed by atoms with Gasteiger partial charge in [-0.25, -0.2) is 9.18 Å². The molecule has 160 valence electrons. The number of anilines is 1. The molecule has 0 bridgehead atoms. The number of halogens is 1. The number of aliphatic hydroxyl groups excluding tert-OH is 1. The molecule has 9 heteroatoms. The smallest absolute Gasteiger partial charge is 0.319 e. The number of aromatic nitrogens is 1. The van der Waals surface area contributed by atoms with E-state index in [2.05, 4.69) is 20.9 Å². The average Bonchev–Trinajstić information content (AvgIpc) is 2.77. The minimum Gasteiger partial charge on any atom is -0.394 e. The highest BCUT2D eigenvalue weighted by Crippen LogP contribution is 2.22. The monoisotopic (exact) mass is 416 g/mol. The Balaban J connectivity index is 1.40. The summed E-state index contributed by atoms with van der Waals surface area (Å²) in [6.45, 7) is 0.162. The second-order valence-corrected chi connectivity index (χ2v) is 7.05. The van der Waals surface area contributed by atoms with Crippen molar-refractivity contribution in [3.05, 3.63) is 60.2 Å². The second-order valence-electron chi connectivity index (χ2n) is 7.05. The molecule has 1 saturated heterocycles. The summed E-state index contributed by atoms with van der Waals surface area (Å²) in [6.07, 6.45) is 4.33. The third-order valence-corrected chi connectivity index (χ3v) is 4.89. The molecule has 3 rings (SSSR count). The first-order valence-corrected chi connectivity index (χ1v) is 9.83. The third-order valence-electron chi connectivity index (χ3n) is 4.89. The number of nitrogens with zero attached hydrogens (tertiary/aromatic N) is 1. The molecule has 1 aliphatic heterocycles. The molecule has 0 radical (unpaired) electrons. The highest BCUT2D eigenvalue weighted by atomic mass is 19.1. The number of pyridine rings is 1. The maximum Gasteiger partial charge on any atom is 0.319 e. The quantitative estimate of drug-likeness (QED) is 0.552. The Bertz CT molecular complexity index is 835. The number of benzene rings is 1. The Kier molecular flexibility index (Phi) is 7.69. The number of hydrogen-bond donors (Lipinski definition) is 4. The molecule has 4 N–H and O–H groups in total. The van der Waals surface area contributed by atoms with Crippen molar-refractivity contribution in [3.63, 3.8) is 0 Å². The Morgan fingerprint density at radius 3 is 2.70 bits per heavy atom. The number of carbonyl (C=O) groups excluding carboxylic acids is 2. The van der Waals surface area contributed by atoms with Crippen molar-refractivity contribution in [1.29, 1.82) is 0 Å². The maximum absolute atomic E-state index is 12.9. The topological polar surface area (TPSA) is 113 Å². The Hall–Kier alpha value is -3.04. The second kappa shape index (κ2) is 10.7. The van der Waals surface area contributed by atoms with Gasteiger partial charge in [-0.3, -0.25) is 9.78 Å². The number of rotatable bonds is 7. The van der Waals surface area contributed by atoms with E-state index in [1.165, 1.54) is 30.5 Å². The number of urea groups is 1. The molecule has 0 spiro atoms. The van der Waals surface area contributed by atoms with Crippen LogP contribution in [0.3, 0.4) is 0 Å². The van der Waals surface area contributed by atoms with Crippen molar-refractivity contribution in [1.82, 2.24) is 15.6 Å². The molecule has 8 nitrogen and oxygen atoms in total. The highest BCUT2D eigenvalue weighted by molar-refractivity contribution is 5.94. The predicted molar refractivity (Wildman–Crippen MR) is 109 cm³/mol. The summed E-state index contributed by atoms with van der Waals surface area (Å²) < 4.78 is 18.8. The van der Waals surface area contributed by atoms with Crippen LogP contribution in [-0.2, 0) is 4.74 Å². The van der Waals surface area contributed by atoms with Gasteiger partial charge in [-0.1, -0.05) is 0 Å². The van der Waals surface area contributed by atoms with Crippen LogP contribution in [-0.4, -0.2) is 53.4 Å². The average molecular weight is 416 g/mol. The van der Waals surface area contributed by atoms with Crippen LogP contribution < -0.4 is 16.0 Å². The number of hydrogen-bond acceptors (Lipinski definition) is 5. The highest BCUT2D eigenvalue weighted by Gasteiger charge is 2.32. The number of carbonyl (C=O) groups is 2. The van der Waals surface area contributed by atoms with Crippen LogP contribution in [0.1, 0.15) is 29.6 Å². The largest absolute Gasteiger partial charge is 0.394 e. The summed E-state index contributed by atoms with van der Waals surface area (Å²) in [6, 6.07) is 8.16. The summed E-state index contributed by atoms with van der Waals surface area (Å²) >= 11 is 0. The lowest BCUT2D eigenvalue weighted by molar-refractivity contribution is -0.0892. The Morgan fingerprint density at radius 1 is 1.20 bits per heavy atom. The van der Waals surface area contributed by atoms with Gasteiger partial charge in [-0.15, -0.1) is 0 Å². The molecule has 3 amide bonds. The molecule has 2 aromatic rings. The zero-order chi connectivity index (χ0) is 21.3. The van der Waals surface area contributed by atoms with Gasteiger partial charge in [0.15, 0.2) is 0 Å².